The summed E-state index contributed by atoms with van der Waals surface area (Å²) in [7, 11) is -2.00. The number of alkyl halides is 10. The van der Waals surface area contributed by atoms with E-state index in [1.165, 1.54) is 37.1 Å². The van der Waals surface area contributed by atoms with Crippen molar-refractivity contribution in [3.05, 3.63) is 369 Å². The molecule has 13 aromatic carbocycles. The van der Waals surface area contributed by atoms with Crippen LogP contribution >= 0.6 is 0 Å². The third-order valence-corrected chi connectivity index (χ3v) is 21.9. The van der Waals surface area contributed by atoms with Crippen LogP contribution in [0.15, 0.2) is 296 Å². The Morgan fingerprint density at radius 2 is 0.895 bits per heavy atom. The van der Waals surface area contributed by atoms with E-state index in [0.29, 0.717) is 119 Å². The second-order valence-electron chi connectivity index (χ2n) is 32.5. The molecule has 0 saturated carbocycles. The van der Waals surface area contributed by atoms with Crippen LogP contribution in [0, 0.1) is 10.1 Å². The maximum absolute atomic E-state index is 13.6. The molecule has 143 heavy (non-hydrogen) atoms. The number of fused-ring (bicyclic) bond motifs is 12. The number of aromatic amines is 3. The van der Waals surface area contributed by atoms with Gasteiger partial charge in [0.2, 0.25) is 5.78 Å². The lowest BCUT2D eigenvalue weighted by atomic mass is 9.83. The number of allylic oxidation sites excluding steroid dienone is 4. The largest absolute Gasteiger partial charge is 0.508 e. The molecule has 35 heteroatoms. The van der Waals surface area contributed by atoms with Gasteiger partial charge in [-0.2, -0.15) is 35.1 Å². The smallest absolute Gasteiger partial charge is 0.322 e. The van der Waals surface area contributed by atoms with Gasteiger partial charge in [0, 0.05) is 138 Å². The van der Waals surface area contributed by atoms with Gasteiger partial charge in [0.1, 0.15) is 72.3 Å². The highest BCUT2D eigenvalue weighted by Crippen LogP contribution is 2.45. The summed E-state index contributed by atoms with van der Waals surface area (Å²) in [6.45, 7) is 7.52. The molecule has 0 radical (unpaired) electrons. The standard InChI is InChI=1S/C20H18F2N2O2.C20H16F2N2O.C17H14N2O3.C17H16N2O.C13H8F2N2O2.C13H12F2N2O.C4H8O.C2H4O2.2CH3F/c1-20(21,22)19(25)24-18-15-10-6-5-9-14(15)17(11-16(18)23)26-12-13-7-3-2-4-8-13;1-20(21,22)19-23-16-11-17(25-12-13-7-3-2-4-8-13)14-9-5-6-10-15(14)18(16)24-19;18-17-14-9-5-4-8-13(14)16(10-15(17)19(20)21)22-11-12-6-2-1-3-7-12;18-15-10-16(20-11-12-6-2-1-3-7-12)13-8-4-5-9-14(13)17(15)19;1-13(14,15)12-16-8-6-4-2-3-5-7(6)10(18)11(19)9(8)17-12;1-13(14,15)12-16-9-6-10(18)7-4-2-3-5-8(7)11(9)17-12;1-2-4-5-3-1;1-2(3)4;2*1-2/h2-11H,12,23H2,1H3,(H,24,25);2-11H,12H2,1H3,(H,23,24);1-10H,11,18H2;1-10H,11,18-19H2;2-5H,1H3,(H,16,17);2-4,6,8,18H,5H2,1H3,(H,16,17);1-4H2;1H3,(H,3,4);2*1H3/i;;;;;;;;2*1D. The van der Waals surface area contributed by atoms with E-state index < -0.39 is 72.2 Å². The van der Waals surface area contributed by atoms with Crippen molar-refractivity contribution in [1.29, 1.82) is 0 Å². The number of ether oxygens (including phenoxy) is 5. The summed E-state index contributed by atoms with van der Waals surface area (Å²) in [6, 6.07) is 81.5. The van der Waals surface area contributed by atoms with E-state index in [1.807, 2.05) is 194 Å². The number of rotatable bonds is 18. The first-order valence-electron chi connectivity index (χ1n) is 45.5. The lowest BCUT2D eigenvalue weighted by Gasteiger charge is -2.24. The third-order valence-electron chi connectivity index (χ3n) is 21.9. The van der Waals surface area contributed by atoms with Crippen LogP contribution in [-0.2, 0) is 58.5 Å². The maximum Gasteiger partial charge on any atom is 0.322 e. The minimum absolute atomic E-state index is 0.106. The van der Waals surface area contributed by atoms with Crippen molar-refractivity contribution in [2.24, 2.45) is 0 Å². The van der Waals surface area contributed by atoms with Crippen LogP contribution in [0.25, 0.3) is 71.5 Å². The van der Waals surface area contributed by atoms with Crippen molar-refractivity contribution in [3.8, 4) is 34.3 Å². The Balaban J connectivity index is 0.000000161. The van der Waals surface area contributed by atoms with E-state index in [9.17, 15) is 73.5 Å². The van der Waals surface area contributed by atoms with Crippen molar-refractivity contribution >= 4 is 118 Å². The number of amides is 1. The number of anilines is 5. The minimum atomic E-state index is -3.50. The Hall–Kier alpha value is -16.9. The Morgan fingerprint density at radius 1 is 0.510 bits per heavy atom. The molecule has 3 aromatic heterocycles. The average molecular weight is 1970 g/mol. The molecule has 3 aliphatic carbocycles. The molecule has 0 spiro atoms. The van der Waals surface area contributed by atoms with Crippen molar-refractivity contribution in [1.82, 2.24) is 29.9 Å². The minimum Gasteiger partial charge on any atom is -0.508 e. The third kappa shape index (κ3) is 27.6. The predicted molar refractivity (Wildman–Crippen MR) is 535 cm³/mol. The number of nitrogens with two attached hydrogens (primary N) is 4. The zero-order chi connectivity index (χ0) is 105. The van der Waals surface area contributed by atoms with Crippen LogP contribution in [0.3, 0.4) is 0 Å². The number of nitrogens with zero attached hydrogens (tertiary/aromatic N) is 4. The molecule has 1 atom stereocenters. The molecule has 20 rings (SSSR count). The van der Waals surface area contributed by atoms with Gasteiger partial charge in [-0.1, -0.05) is 261 Å². The molecule has 1 saturated heterocycles. The number of aliphatic hydroxyl groups is 1. The number of nitrogen functional groups attached to an aromatic ring is 4. The van der Waals surface area contributed by atoms with Gasteiger partial charge in [-0.05, 0) is 41.5 Å². The number of Topliss-reactive ketones (excluding diaryl/α,β-unsaturated/α-hetero) is 2. The topological polar surface area (TPSA) is 400 Å². The maximum atomic E-state index is 13.6. The number of imidazole rings is 3. The number of nitro benzene ring substituents is 1. The average Bonchev–Trinajstić information content (AvgIpc) is 1.59. The molecule has 16 aromatic rings. The summed E-state index contributed by atoms with van der Waals surface area (Å²) in [5.74, 6) is -15.5. The SMILES string of the molecule is C1CCOC1.CC(=O)O.CC(F)(F)C(=O)Nc1c(N)cc(OCc2ccccc2)c2ccccc12.CC(F)(F)c1nc2c([nH]1)C(=O)C(=O)c1ccccc1-2.CC(F)(F)c1nc2c([nH]1)C1CC=CC=C1C(O)=C2.CC(F)(F)c1nc2c(cc(OCc3ccccc3)c3ccccc32)[nH]1.Nc1c([N+](=O)[O-])cc(OCc2ccccc2)c2ccccc12.Nc1cc(OCc2ccccc2)c2ccccc2c1N.[2H]CF.[2H]CF. The molecule has 25 nitrogen and oxygen atoms in total. The van der Waals surface area contributed by atoms with E-state index >= 15 is 0 Å². The first-order valence-corrected chi connectivity index (χ1v) is 44.1. The summed E-state index contributed by atoms with van der Waals surface area (Å²) in [6.07, 6.45) is 10.3. The van der Waals surface area contributed by atoms with E-state index in [2.05, 4.69) is 35.2 Å². The molecule has 1 aliphatic heterocycles. The van der Waals surface area contributed by atoms with Gasteiger partial charge in [0.25, 0.3) is 23.3 Å². The zero-order valence-corrected chi connectivity index (χ0v) is 77.8. The molecule has 742 valence electrons. The number of aliphatic hydroxyl groups excluding tert-OH is 1. The number of hydrogen-bond acceptors (Lipinski definition) is 19. The number of carbonyl (C=O) groups excluding carboxylic acids is 3. The van der Waals surface area contributed by atoms with E-state index in [1.54, 1.807) is 72.8 Å². The fourth-order valence-electron chi connectivity index (χ4n) is 15.0. The van der Waals surface area contributed by atoms with Gasteiger partial charge in [-0.3, -0.25) is 38.1 Å². The van der Waals surface area contributed by atoms with Gasteiger partial charge in [-0.15, -0.1) is 0 Å². The zero-order valence-electron chi connectivity index (χ0n) is 79.8. The second kappa shape index (κ2) is 48.6. The van der Waals surface area contributed by atoms with Gasteiger partial charge < -0.3 is 77.1 Å². The molecule has 4 heterocycles. The number of H-pyrrole nitrogens is 3. The molecule has 0 bridgehead atoms. The van der Waals surface area contributed by atoms with E-state index in [0.717, 1.165) is 94.5 Å². The number of hydrogen-bond donors (Lipinski definition) is 10. The Kier molecular flexibility index (Phi) is 35.2. The Bertz CT molecular complexity index is 7270. The lowest BCUT2D eigenvalue weighted by Crippen LogP contribution is -2.31. The number of nitrogens with one attached hydrogen (secondary N) is 4. The fourth-order valence-corrected chi connectivity index (χ4v) is 15.0. The molecular formula is C108H102F10N12O13. The van der Waals surface area contributed by atoms with Gasteiger partial charge in [-0.25, -0.2) is 15.0 Å². The summed E-state index contributed by atoms with van der Waals surface area (Å²) in [5.41, 5.74) is 32.9. The quantitative estimate of drug-likeness (QED) is 0.0125. The Morgan fingerprint density at radius 3 is 1.34 bits per heavy atom. The highest BCUT2D eigenvalue weighted by atomic mass is 19.3. The Labute approximate surface area is 817 Å². The number of carboxylic acid groups (broad SMARTS) is 1. The molecule has 4 aliphatic rings. The van der Waals surface area contributed by atoms with Crippen molar-refractivity contribution in [2.45, 2.75) is 110 Å². The summed E-state index contributed by atoms with van der Waals surface area (Å²) < 4.78 is 166. The van der Waals surface area contributed by atoms with E-state index in [4.69, 9.17) is 59.3 Å². The predicted octanol–water partition coefficient (Wildman–Crippen LogP) is 25.5. The lowest BCUT2D eigenvalue weighted by molar-refractivity contribution is -0.383. The summed E-state index contributed by atoms with van der Waals surface area (Å²) >= 11 is 0. The first kappa shape index (κ1) is 104. The number of carbonyl (C=O) groups is 4. The van der Waals surface area contributed by atoms with Crippen LogP contribution in [0.2, 0.25) is 0 Å². The van der Waals surface area contributed by atoms with Gasteiger partial charge in [0.15, 0.2) is 17.5 Å². The number of nitro groups is 1. The normalized spacial score (nSPS) is 13.2. The molecule has 1 amide bonds. The van der Waals surface area contributed by atoms with Crippen LogP contribution in [0.1, 0.15) is 135 Å². The second-order valence-corrected chi connectivity index (χ2v) is 32.5. The molecule has 1 fully saturated rings. The summed E-state index contributed by atoms with van der Waals surface area (Å²) in [5, 5.41) is 36.8. The van der Waals surface area contributed by atoms with Crippen LogP contribution in [-0.4, -0.2) is 102 Å². The summed E-state index contributed by atoms with van der Waals surface area (Å²) in [4.78, 5) is 74.5. The number of halogens is 10. The monoisotopic (exact) mass is 1970 g/mol. The number of ketones is 2. The fraction of sp³-hybridized carbons (Fsp3) is 0.194. The van der Waals surface area contributed by atoms with Crippen molar-refractivity contribution in [2.75, 3.05) is 55.8 Å². The highest BCUT2D eigenvalue weighted by Gasteiger charge is 2.40. The van der Waals surface area contributed by atoms with Crippen molar-refractivity contribution < 1.29 is 105 Å². The molecule has 1 unspecified atom stereocenters. The molecule has 14 N–H and O–H groups in total. The van der Waals surface area contributed by atoms with Gasteiger partial charge in [0.05, 0.1) is 73.2 Å². The van der Waals surface area contributed by atoms with Crippen LogP contribution < -0.4 is 47.2 Å². The van der Waals surface area contributed by atoms with Crippen LogP contribution in [0.4, 0.5) is 78.0 Å². The number of aliphatic carboxylic acids is 1. The highest BCUT2D eigenvalue weighted by molar-refractivity contribution is 6.52. The van der Waals surface area contributed by atoms with Crippen molar-refractivity contribution in [3.63, 3.8) is 0 Å². The first-order chi connectivity index (χ1) is 69.2. The van der Waals surface area contributed by atoms with Gasteiger partial charge >= 0.3 is 23.7 Å². The number of carboxylic acids is 1. The number of aromatic nitrogens is 6. The number of benzene rings is 13. The van der Waals surface area contributed by atoms with E-state index in [-0.39, 0.29) is 63.0 Å². The van der Waals surface area contributed by atoms with Crippen LogP contribution in [0.5, 0.6) is 23.0 Å². The molecular weight excluding hydrogens is 1860 g/mol.